The van der Waals surface area contributed by atoms with Crippen LogP contribution in [0.3, 0.4) is 0 Å². The van der Waals surface area contributed by atoms with Crippen molar-refractivity contribution in [3.05, 3.63) is 56.5 Å². The van der Waals surface area contributed by atoms with Crippen LogP contribution < -0.4 is 9.47 Å². The van der Waals surface area contributed by atoms with Gasteiger partial charge in [0.15, 0.2) is 11.5 Å². The van der Waals surface area contributed by atoms with Crippen molar-refractivity contribution in [2.75, 3.05) is 7.11 Å². The highest BCUT2D eigenvalue weighted by molar-refractivity contribution is 9.10. The second kappa shape index (κ2) is 8.36. The molecule has 5 heteroatoms. The summed E-state index contributed by atoms with van der Waals surface area (Å²) in [6.45, 7) is 3.92. The molecule has 0 atom stereocenters. The first-order valence-corrected chi connectivity index (χ1v) is 8.95. The first-order valence-electron chi connectivity index (χ1n) is 7.36. The lowest BCUT2D eigenvalue weighted by molar-refractivity contribution is 0.228. The number of benzene rings is 2. The number of rotatable bonds is 5. The molecule has 0 aromatic heterocycles. The summed E-state index contributed by atoms with van der Waals surface area (Å²) in [6.07, 6.45) is 1.87. The van der Waals surface area contributed by atoms with Crippen LogP contribution in [0.25, 0.3) is 11.6 Å². The minimum atomic E-state index is 0.0361. The molecule has 0 saturated heterocycles. The van der Waals surface area contributed by atoms with Gasteiger partial charge in [-0.05, 0) is 71.2 Å². The fraction of sp³-hybridized carbons (Fsp3) is 0.211. The molecule has 0 aliphatic rings. The lowest BCUT2D eigenvalue weighted by atomic mass is 10.0. The zero-order valence-electron chi connectivity index (χ0n) is 13.6. The molecule has 0 amide bonds. The molecule has 2 aromatic carbocycles. The van der Waals surface area contributed by atoms with Crippen LogP contribution in [0.4, 0.5) is 0 Å². The van der Waals surface area contributed by atoms with Gasteiger partial charge in [-0.2, -0.15) is 5.26 Å². The molecule has 0 N–H and O–H groups in total. The maximum atomic E-state index is 9.48. The van der Waals surface area contributed by atoms with E-state index in [0.717, 1.165) is 20.1 Å². The molecule has 0 bridgehead atoms. The van der Waals surface area contributed by atoms with E-state index in [2.05, 4.69) is 37.9 Å². The third-order valence-corrected chi connectivity index (χ3v) is 4.31. The van der Waals surface area contributed by atoms with Gasteiger partial charge in [-0.15, -0.1) is 0 Å². The molecule has 0 spiro atoms. The maximum Gasteiger partial charge on any atom is 0.175 e. The third kappa shape index (κ3) is 4.62. The molecule has 2 aromatic rings. The molecule has 0 fully saturated rings. The minimum absolute atomic E-state index is 0.0361. The largest absolute Gasteiger partial charge is 0.493 e. The molecule has 0 saturated carbocycles. The standard InChI is InChI=1S/C19H17Br2NO2/c1-12(2)24-19-17(21)9-13(10-18(19)23-3)8-15(11-22)14-4-6-16(20)7-5-14/h4-10,12H,1-3H3/b15-8+. The number of ether oxygens (including phenoxy) is 2. The van der Waals surface area contributed by atoms with E-state index in [9.17, 15) is 5.26 Å². The third-order valence-electron chi connectivity index (χ3n) is 3.19. The van der Waals surface area contributed by atoms with Crippen LogP contribution in [0, 0.1) is 11.3 Å². The Bertz CT molecular complexity index is 790. The van der Waals surface area contributed by atoms with Crippen molar-refractivity contribution in [1.82, 2.24) is 0 Å². The summed E-state index contributed by atoms with van der Waals surface area (Å²) in [5.41, 5.74) is 2.29. The highest BCUT2D eigenvalue weighted by Crippen LogP contribution is 2.38. The maximum absolute atomic E-state index is 9.48. The molecule has 124 valence electrons. The Morgan fingerprint density at radius 2 is 1.83 bits per heavy atom. The van der Waals surface area contributed by atoms with Gasteiger partial charge < -0.3 is 9.47 Å². The van der Waals surface area contributed by atoms with Crippen LogP contribution in [0.2, 0.25) is 0 Å². The number of hydrogen-bond acceptors (Lipinski definition) is 3. The number of methoxy groups -OCH3 is 1. The van der Waals surface area contributed by atoms with Crippen LogP contribution in [0.1, 0.15) is 25.0 Å². The summed E-state index contributed by atoms with van der Waals surface area (Å²) in [6, 6.07) is 13.7. The Labute approximate surface area is 159 Å². The number of nitrogens with zero attached hydrogens (tertiary/aromatic N) is 1. The molecular weight excluding hydrogens is 434 g/mol. The van der Waals surface area contributed by atoms with E-state index in [1.165, 1.54) is 0 Å². The van der Waals surface area contributed by atoms with Crippen LogP contribution in [-0.2, 0) is 0 Å². The van der Waals surface area contributed by atoms with Gasteiger partial charge in [0.2, 0.25) is 0 Å². The SMILES string of the molecule is COc1cc(/C=C(\C#N)c2ccc(Br)cc2)cc(Br)c1OC(C)C. The van der Waals surface area contributed by atoms with E-state index in [-0.39, 0.29) is 6.10 Å². The zero-order valence-corrected chi connectivity index (χ0v) is 16.8. The predicted octanol–water partition coefficient (Wildman–Crippen LogP) is 6.07. The molecule has 0 aliphatic heterocycles. The lowest BCUT2D eigenvalue weighted by Crippen LogP contribution is -2.07. The van der Waals surface area contributed by atoms with Gasteiger partial charge in [0.1, 0.15) is 0 Å². The smallest absolute Gasteiger partial charge is 0.175 e. The van der Waals surface area contributed by atoms with Crippen molar-refractivity contribution in [2.45, 2.75) is 20.0 Å². The Balaban J connectivity index is 2.46. The highest BCUT2D eigenvalue weighted by atomic mass is 79.9. The van der Waals surface area contributed by atoms with Crippen molar-refractivity contribution in [2.24, 2.45) is 0 Å². The average Bonchev–Trinajstić information content (AvgIpc) is 2.55. The predicted molar refractivity (Wildman–Crippen MR) is 104 cm³/mol. The number of hydrogen-bond donors (Lipinski definition) is 0. The van der Waals surface area contributed by atoms with E-state index >= 15 is 0 Å². The Hall–Kier alpha value is -1.77. The van der Waals surface area contributed by atoms with Crippen molar-refractivity contribution >= 4 is 43.5 Å². The van der Waals surface area contributed by atoms with Crippen LogP contribution >= 0.6 is 31.9 Å². The molecule has 24 heavy (non-hydrogen) atoms. The van der Waals surface area contributed by atoms with Gasteiger partial charge in [-0.25, -0.2) is 0 Å². The van der Waals surface area contributed by atoms with Crippen molar-refractivity contribution < 1.29 is 9.47 Å². The summed E-state index contributed by atoms with van der Waals surface area (Å²) >= 11 is 6.92. The monoisotopic (exact) mass is 449 g/mol. The molecule has 0 heterocycles. The van der Waals surface area contributed by atoms with Gasteiger partial charge in [0, 0.05) is 4.47 Å². The fourth-order valence-corrected chi connectivity index (χ4v) is 2.97. The Morgan fingerprint density at radius 3 is 2.38 bits per heavy atom. The van der Waals surface area contributed by atoms with Crippen molar-refractivity contribution in [1.29, 1.82) is 5.26 Å². The molecule has 0 aliphatic carbocycles. The van der Waals surface area contributed by atoms with E-state index in [0.29, 0.717) is 17.1 Å². The van der Waals surface area contributed by atoms with Crippen molar-refractivity contribution in [3.8, 4) is 17.6 Å². The Morgan fingerprint density at radius 1 is 1.17 bits per heavy atom. The summed E-state index contributed by atoms with van der Waals surface area (Å²) in [5, 5.41) is 9.48. The minimum Gasteiger partial charge on any atom is -0.493 e. The lowest BCUT2D eigenvalue weighted by Gasteiger charge is -2.16. The molecule has 0 radical (unpaired) electrons. The van der Waals surface area contributed by atoms with Gasteiger partial charge in [0.25, 0.3) is 0 Å². The molecule has 2 rings (SSSR count). The van der Waals surface area contributed by atoms with Gasteiger partial charge >= 0.3 is 0 Å². The van der Waals surface area contributed by atoms with Crippen LogP contribution in [0.5, 0.6) is 11.5 Å². The van der Waals surface area contributed by atoms with E-state index in [1.807, 2.05) is 56.3 Å². The molecule has 0 unspecified atom stereocenters. The average molecular weight is 451 g/mol. The molecule has 3 nitrogen and oxygen atoms in total. The van der Waals surface area contributed by atoms with Gasteiger partial charge in [0.05, 0.1) is 29.3 Å². The van der Waals surface area contributed by atoms with Gasteiger partial charge in [-0.1, -0.05) is 28.1 Å². The second-order valence-corrected chi connectivity index (χ2v) is 7.15. The second-order valence-electron chi connectivity index (χ2n) is 5.38. The normalized spacial score (nSPS) is 11.3. The van der Waals surface area contributed by atoms with Crippen molar-refractivity contribution in [3.63, 3.8) is 0 Å². The fourth-order valence-electron chi connectivity index (χ4n) is 2.15. The van der Waals surface area contributed by atoms with E-state index < -0.39 is 0 Å². The van der Waals surface area contributed by atoms with Crippen LogP contribution in [0.15, 0.2) is 45.3 Å². The van der Waals surface area contributed by atoms with Gasteiger partial charge in [-0.3, -0.25) is 0 Å². The van der Waals surface area contributed by atoms with Crippen LogP contribution in [-0.4, -0.2) is 13.2 Å². The summed E-state index contributed by atoms with van der Waals surface area (Å²) in [7, 11) is 1.60. The quantitative estimate of drug-likeness (QED) is 0.410. The number of halogens is 2. The number of nitriles is 1. The summed E-state index contributed by atoms with van der Waals surface area (Å²) < 4.78 is 13.0. The topological polar surface area (TPSA) is 42.2 Å². The number of allylic oxidation sites excluding steroid dienone is 1. The van der Waals surface area contributed by atoms with E-state index in [1.54, 1.807) is 7.11 Å². The highest BCUT2D eigenvalue weighted by Gasteiger charge is 2.13. The zero-order chi connectivity index (χ0) is 17.7. The Kier molecular flexibility index (Phi) is 6.47. The first kappa shape index (κ1) is 18.6. The summed E-state index contributed by atoms with van der Waals surface area (Å²) in [5.74, 6) is 1.28. The van der Waals surface area contributed by atoms with E-state index in [4.69, 9.17) is 9.47 Å². The first-order chi connectivity index (χ1) is 11.4. The molecular formula is C19H17Br2NO2. The summed E-state index contributed by atoms with van der Waals surface area (Å²) in [4.78, 5) is 0.